The third kappa shape index (κ3) is 3.02. The van der Waals surface area contributed by atoms with E-state index in [0.717, 1.165) is 12.4 Å². The van der Waals surface area contributed by atoms with Crippen molar-refractivity contribution < 1.29 is 0 Å². The maximum Gasteiger partial charge on any atom is 0.0406 e. The molecule has 1 nitrogen and oxygen atoms in total. The van der Waals surface area contributed by atoms with Crippen LogP contribution < -0.4 is 5.32 Å². The van der Waals surface area contributed by atoms with Gasteiger partial charge in [-0.1, -0.05) is 38.1 Å². The van der Waals surface area contributed by atoms with Crippen molar-refractivity contribution in [2.75, 3.05) is 5.88 Å². The number of halogens is 1. The minimum atomic E-state index is 0.221. The molecular formula is C15H22ClN. The van der Waals surface area contributed by atoms with Crippen LogP contribution in [0.25, 0.3) is 0 Å². The standard InChI is InChI=1S/C15H22ClN/c1-12(2)14-6-4-13(5-7-14)10-17-15(11-16)8-3-9-15/h4-7,12,17H,3,8-11H2,1-2H3. The van der Waals surface area contributed by atoms with E-state index in [1.165, 1.54) is 30.4 Å². The van der Waals surface area contributed by atoms with Crippen molar-refractivity contribution in [2.24, 2.45) is 0 Å². The average molecular weight is 252 g/mol. The van der Waals surface area contributed by atoms with Crippen LogP contribution in [0.3, 0.4) is 0 Å². The zero-order chi connectivity index (χ0) is 12.3. The quantitative estimate of drug-likeness (QED) is 0.779. The molecule has 1 aromatic carbocycles. The lowest BCUT2D eigenvalue weighted by Crippen LogP contribution is -2.52. The molecule has 0 aliphatic heterocycles. The third-order valence-electron chi connectivity index (χ3n) is 3.88. The van der Waals surface area contributed by atoms with Crippen LogP contribution in [0.4, 0.5) is 0 Å². The predicted octanol–water partition coefficient (Wildman–Crippen LogP) is 4.06. The van der Waals surface area contributed by atoms with Crippen LogP contribution in [-0.4, -0.2) is 11.4 Å². The first-order chi connectivity index (χ1) is 8.15. The first kappa shape index (κ1) is 12.9. The fourth-order valence-electron chi connectivity index (χ4n) is 2.27. The van der Waals surface area contributed by atoms with E-state index in [1.807, 2.05) is 0 Å². The maximum atomic E-state index is 6.03. The van der Waals surface area contributed by atoms with Gasteiger partial charge in [-0.3, -0.25) is 0 Å². The SMILES string of the molecule is CC(C)c1ccc(CNC2(CCl)CCC2)cc1. The van der Waals surface area contributed by atoms with Crippen LogP contribution in [0.5, 0.6) is 0 Å². The second-order valence-electron chi connectivity index (χ2n) is 5.52. The summed E-state index contributed by atoms with van der Waals surface area (Å²) in [6.45, 7) is 5.39. The number of hydrogen-bond acceptors (Lipinski definition) is 1. The van der Waals surface area contributed by atoms with Gasteiger partial charge in [-0.05, 0) is 36.3 Å². The van der Waals surface area contributed by atoms with Gasteiger partial charge in [-0.2, -0.15) is 0 Å². The van der Waals surface area contributed by atoms with Crippen molar-refractivity contribution in [2.45, 2.75) is 51.1 Å². The Bertz CT molecular complexity index is 346. The molecule has 1 saturated carbocycles. The zero-order valence-electron chi connectivity index (χ0n) is 10.8. The molecule has 0 unspecified atom stereocenters. The molecule has 0 spiro atoms. The van der Waals surface area contributed by atoms with Gasteiger partial charge in [0.1, 0.15) is 0 Å². The molecule has 1 aromatic rings. The van der Waals surface area contributed by atoms with Crippen molar-refractivity contribution in [1.82, 2.24) is 5.32 Å². The summed E-state index contributed by atoms with van der Waals surface area (Å²) in [6.07, 6.45) is 3.76. The molecule has 0 aromatic heterocycles. The lowest BCUT2D eigenvalue weighted by Gasteiger charge is -2.41. The number of alkyl halides is 1. The fourth-order valence-corrected chi connectivity index (χ4v) is 2.63. The predicted molar refractivity (Wildman–Crippen MR) is 74.7 cm³/mol. The molecule has 1 aliphatic rings. The molecular weight excluding hydrogens is 230 g/mol. The monoisotopic (exact) mass is 251 g/mol. The van der Waals surface area contributed by atoms with Crippen LogP contribution in [-0.2, 0) is 6.54 Å². The number of hydrogen-bond donors (Lipinski definition) is 1. The number of benzene rings is 1. The molecule has 1 aliphatic carbocycles. The Morgan fingerprint density at radius 2 is 1.88 bits per heavy atom. The molecule has 0 heterocycles. The van der Waals surface area contributed by atoms with Crippen molar-refractivity contribution >= 4 is 11.6 Å². The van der Waals surface area contributed by atoms with Gasteiger partial charge in [0.25, 0.3) is 0 Å². The molecule has 1 fully saturated rings. The highest BCUT2D eigenvalue weighted by atomic mass is 35.5. The Morgan fingerprint density at radius 3 is 2.29 bits per heavy atom. The Hall–Kier alpha value is -0.530. The summed E-state index contributed by atoms with van der Waals surface area (Å²) < 4.78 is 0. The molecule has 1 N–H and O–H groups in total. The van der Waals surface area contributed by atoms with Gasteiger partial charge in [0.2, 0.25) is 0 Å². The highest BCUT2D eigenvalue weighted by Gasteiger charge is 2.35. The molecule has 2 rings (SSSR count). The van der Waals surface area contributed by atoms with E-state index >= 15 is 0 Å². The zero-order valence-corrected chi connectivity index (χ0v) is 11.6. The van der Waals surface area contributed by atoms with E-state index in [1.54, 1.807) is 0 Å². The summed E-state index contributed by atoms with van der Waals surface area (Å²) >= 11 is 6.03. The van der Waals surface area contributed by atoms with Gasteiger partial charge in [0, 0.05) is 18.0 Å². The van der Waals surface area contributed by atoms with Crippen molar-refractivity contribution in [3.8, 4) is 0 Å². The Kier molecular flexibility index (Phi) is 4.11. The van der Waals surface area contributed by atoms with E-state index in [4.69, 9.17) is 11.6 Å². The lowest BCUT2D eigenvalue weighted by atomic mass is 9.78. The van der Waals surface area contributed by atoms with Crippen LogP contribution in [0.1, 0.15) is 50.2 Å². The Labute approximate surface area is 110 Å². The average Bonchev–Trinajstić information content (AvgIpc) is 2.29. The highest BCUT2D eigenvalue weighted by Crippen LogP contribution is 2.33. The van der Waals surface area contributed by atoms with Gasteiger partial charge < -0.3 is 5.32 Å². The molecule has 0 atom stereocenters. The summed E-state index contributed by atoms with van der Waals surface area (Å²) in [4.78, 5) is 0. The van der Waals surface area contributed by atoms with E-state index in [0.29, 0.717) is 5.92 Å². The van der Waals surface area contributed by atoms with Crippen molar-refractivity contribution in [3.05, 3.63) is 35.4 Å². The van der Waals surface area contributed by atoms with E-state index in [9.17, 15) is 0 Å². The number of rotatable bonds is 5. The van der Waals surface area contributed by atoms with E-state index in [2.05, 4.69) is 43.4 Å². The molecule has 2 heteroatoms. The van der Waals surface area contributed by atoms with E-state index < -0.39 is 0 Å². The summed E-state index contributed by atoms with van der Waals surface area (Å²) in [5.41, 5.74) is 2.98. The summed E-state index contributed by atoms with van der Waals surface area (Å²) in [5, 5.41) is 3.62. The summed E-state index contributed by atoms with van der Waals surface area (Å²) in [7, 11) is 0. The topological polar surface area (TPSA) is 12.0 Å². The molecule has 94 valence electrons. The lowest BCUT2D eigenvalue weighted by molar-refractivity contribution is 0.211. The molecule has 0 amide bonds. The minimum Gasteiger partial charge on any atom is -0.306 e. The third-order valence-corrected chi connectivity index (χ3v) is 4.39. The van der Waals surface area contributed by atoms with Crippen LogP contribution in [0.15, 0.2) is 24.3 Å². The Balaban J connectivity index is 1.91. The molecule has 17 heavy (non-hydrogen) atoms. The van der Waals surface area contributed by atoms with Crippen LogP contribution in [0.2, 0.25) is 0 Å². The van der Waals surface area contributed by atoms with Crippen LogP contribution in [0, 0.1) is 0 Å². The Morgan fingerprint density at radius 1 is 1.24 bits per heavy atom. The second kappa shape index (κ2) is 5.41. The molecule has 0 radical (unpaired) electrons. The first-order valence-corrected chi connectivity index (χ1v) is 7.08. The van der Waals surface area contributed by atoms with Gasteiger partial charge in [0.15, 0.2) is 0 Å². The largest absolute Gasteiger partial charge is 0.306 e. The normalized spacial score (nSPS) is 18.1. The molecule has 0 saturated heterocycles. The summed E-state index contributed by atoms with van der Waals surface area (Å²) in [5.74, 6) is 1.34. The minimum absolute atomic E-state index is 0.221. The van der Waals surface area contributed by atoms with E-state index in [-0.39, 0.29) is 5.54 Å². The molecule has 0 bridgehead atoms. The van der Waals surface area contributed by atoms with Crippen LogP contribution >= 0.6 is 11.6 Å². The van der Waals surface area contributed by atoms with Gasteiger partial charge in [-0.15, -0.1) is 11.6 Å². The van der Waals surface area contributed by atoms with Gasteiger partial charge >= 0.3 is 0 Å². The highest BCUT2D eigenvalue weighted by molar-refractivity contribution is 6.18. The summed E-state index contributed by atoms with van der Waals surface area (Å²) in [6, 6.07) is 8.91. The first-order valence-electron chi connectivity index (χ1n) is 6.55. The second-order valence-corrected chi connectivity index (χ2v) is 5.78. The van der Waals surface area contributed by atoms with Crippen molar-refractivity contribution in [1.29, 1.82) is 0 Å². The van der Waals surface area contributed by atoms with Gasteiger partial charge in [0.05, 0.1) is 0 Å². The van der Waals surface area contributed by atoms with Gasteiger partial charge in [-0.25, -0.2) is 0 Å². The van der Waals surface area contributed by atoms with Crippen molar-refractivity contribution in [3.63, 3.8) is 0 Å². The smallest absolute Gasteiger partial charge is 0.0406 e. The number of nitrogens with one attached hydrogen (secondary N) is 1. The fraction of sp³-hybridized carbons (Fsp3) is 0.600. The maximum absolute atomic E-state index is 6.03.